The molecule has 0 aliphatic heterocycles. The Kier molecular flexibility index (Phi) is 13.0. The van der Waals surface area contributed by atoms with Crippen LogP contribution in [0.4, 0.5) is 23.3 Å². The topological polar surface area (TPSA) is 268 Å². The molecule has 0 radical (unpaired) electrons. The summed E-state index contributed by atoms with van der Waals surface area (Å²) in [5.74, 6) is 2.84. The van der Waals surface area contributed by atoms with Crippen molar-refractivity contribution in [2.45, 2.75) is 68.1 Å². The van der Waals surface area contributed by atoms with E-state index in [0.717, 1.165) is 37.1 Å². The molecule has 2 fully saturated rings. The summed E-state index contributed by atoms with van der Waals surface area (Å²) in [6, 6.07) is 16.3. The lowest BCUT2D eigenvalue weighted by atomic mass is 10.0. The highest BCUT2D eigenvalue weighted by Gasteiger charge is 2.27. The van der Waals surface area contributed by atoms with Crippen LogP contribution >= 0.6 is 24.8 Å². The molecule has 8 rings (SSSR count). The zero-order valence-corrected chi connectivity index (χ0v) is 34.8. The normalized spacial score (nSPS) is 14.0. The number of aromatic amines is 2. The standard InChI is InChI=1S/C21H25N5O3S.C16H16N6O3S.2ClH/c1-21(2,3)12-30(28,29)15-6-4-5-14(9-15)19-22-11-17(27)20(24-19)23-18-10-16(25-26-18)13-7-8-13;17-26(24,25)11-3-1-2-10(6-11)15-18-8-13(23)16(20-15)19-14-7-12(21-22-14)9-4-5-9;;/h4-6,9-11,13,27H,7-8,12H2,1-3H3,(H2,22,23,24,25,26);1-3,6-9,23H,4-5H2,(H2,17,24,25)(H2,18,19,20,21,22);2*1H. The maximum atomic E-state index is 12.8. The van der Waals surface area contributed by atoms with Crippen LogP contribution in [0.15, 0.2) is 82.8 Å². The van der Waals surface area contributed by atoms with E-state index in [1.807, 2.05) is 32.9 Å². The molecule has 0 amide bonds. The molecule has 0 spiro atoms. The van der Waals surface area contributed by atoms with Gasteiger partial charge in [0.25, 0.3) is 0 Å². The zero-order chi connectivity index (χ0) is 39.8. The second-order valence-corrected chi connectivity index (χ2v) is 18.5. The maximum Gasteiger partial charge on any atom is 0.238 e. The van der Waals surface area contributed by atoms with Crippen molar-refractivity contribution in [1.29, 1.82) is 0 Å². The van der Waals surface area contributed by atoms with E-state index in [0.29, 0.717) is 40.4 Å². The van der Waals surface area contributed by atoms with Gasteiger partial charge in [0.1, 0.15) is 0 Å². The largest absolute Gasteiger partial charge is 0.503 e. The van der Waals surface area contributed by atoms with Crippen molar-refractivity contribution in [3.63, 3.8) is 0 Å². The first-order valence-corrected chi connectivity index (χ1v) is 20.9. The molecule has 2 aromatic carbocycles. The summed E-state index contributed by atoms with van der Waals surface area (Å²) in [4.78, 5) is 17.1. The van der Waals surface area contributed by atoms with Gasteiger partial charge in [-0.3, -0.25) is 10.2 Å². The predicted octanol–water partition coefficient (Wildman–Crippen LogP) is 6.70. The first-order valence-electron chi connectivity index (χ1n) is 17.7. The third-order valence-electron chi connectivity index (χ3n) is 8.76. The molecule has 0 saturated heterocycles. The molecule has 17 nitrogen and oxygen atoms in total. The first kappa shape index (κ1) is 43.8. The van der Waals surface area contributed by atoms with Gasteiger partial charge >= 0.3 is 0 Å². The monoisotopic (exact) mass is 871 g/mol. The quantitative estimate of drug-likeness (QED) is 0.0715. The van der Waals surface area contributed by atoms with E-state index < -0.39 is 19.9 Å². The summed E-state index contributed by atoms with van der Waals surface area (Å²) < 4.78 is 48.5. The number of nitrogens with zero attached hydrogens (tertiary/aromatic N) is 6. The third-order valence-corrected chi connectivity index (χ3v) is 11.9. The minimum Gasteiger partial charge on any atom is -0.503 e. The van der Waals surface area contributed by atoms with Crippen LogP contribution < -0.4 is 15.8 Å². The maximum absolute atomic E-state index is 12.8. The smallest absolute Gasteiger partial charge is 0.238 e. The van der Waals surface area contributed by atoms with Gasteiger partial charge in [0, 0.05) is 46.5 Å². The number of hydrogen-bond acceptors (Lipinski definition) is 14. The molecule has 0 unspecified atom stereocenters. The fourth-order valence-electron chi connectivity index (χ4n) is 5.76. The van der Waals surface area contributed by atoms with Gasteiger partial charge in [-0.25, -0.2) is 41.9 Å². The van der Waals surface area contributed by atoms with Crippen LogP contribution in [0, 0.1) is 5.41 Å². The van der Waals surface area contributed by atoms with E-state index in [4.69, 9.17) is 5.14 Å². The van der Waals surface area contributed by atoms with Gasteiger partial charge < -0.3 is 20.8 Å². The molecule has 6 aromatic rings. The van der Waals surface area contributed by atoms with Gasteiger partial charge in [-0.2, -0.15) is 10.2 Å². The Morgan fingerprint density at radius 3 is 1.55 bits per heavy atom. The Labute approximate surface area is 347 Å². The van der Waals surface area contributed by atoms with Crippen LogP contribution in [-0.2, 0) is 19.9 Å². The number of aromatic hydroxyl groups is 2. The molecule has 4 aromatic heterocycles. The summed E-state index contributed by atoms with van der Waals surface area (Å²) in [6.45, 7) is 5.66. The molecule has 4 heterocycles. The van der Waals surface area contributed by atoms with Gasteiger partial charge in [-0.15, -0.1) is 24.8 Å². The lowest BCUT2D eigenvalue weighted by Gasteiger charge is -2.18. The number of nitrogens with one attached hydrogen (secondary N) is 4. The Balaban J connectivity index is 0.000000215. The molecule has 2 saturated carbocycles. The molecule has 2 aliphatic carbocycles. The van der Waals surface area contributed by atoms with Crippen molar-refractivity contribution in [2.24, 2.45) is 10.6 Å². The minimum absolute atomic E-state index is 0. The second-order valence-electron chi connectivity index (χ2n) is 15.0. The van der Waals surface area contributed by atoms with Crippen molar-refractivity contribution in [3.05, 3.63) is 84.4 Å². The van der Waals surface area contributed by atoms with Crippen molar-refractivity contribution in [2.75, 3.05) is 16.4 Å². The van der Waals surface area contributed by atoms with Gasteiger partial charge in [0.2, 0.25) is 10.0 Å². The summed E-state index contributed by atoms with van der Waals surface area (Å²) in [7, 11) is -7.28. The highest BCUT2D eigenvalue weighted by molar-refractivity contribution is 7.91. The lowest BCUT2D eigenvalue weighted by Crippen LogP contribution is -2.20. The number of hydrogen-bond donors (Lipinski definition) is 7. The van der Waals surface area contributed by atoms with E-state index in [2.05, 4.69) is 51.0 Å². The summed E-state index contributed by atoms with van der Waals surface area (Å²) in [5.41, 5.74) is 2.75. The zero-order valence-electron chi connectivity index (χ0n) is 31.5. The predicted molar refractivity (Wildman–Crippen MR) is 223 cm³/mol. The summed E-state index contributed by atoms with van der Waals surface area (Å²) in [5, 5.41) is 45.6. The van der Waals surface area contributed by atoms with Gasteiger partial charge in [-0.05, 0) is 55.4 Å². The second kappa shape index (κ2) is 17.3. The number of sulfone groups is 1. The minimum atomic E-state index is -3.83. The number of nitrogens with two attached hydrogens (primary N) is 1. The Hall–Kier alpha value is -5.34. The van der Waals surface area contributed by atoms with Gasteiger partial charge in [-0.1, -0.05) is 45.0 Å². The Bertz CT molecular complexity index is 2630. The van der Waals surface area contributed by atoms with E-state index in [9.17, 15) is 27.0 Å². The number of primary sulfonamides is 1. The average Bonchev–Trinajstić information content (AvgIpc) is 4.08. The van der Waals surface area contributed by atoms with E-state index in [1.165, 1.54) is 24.5 Å². The van der Waals surface area contributed by atoms with Crippen LogP contribution in [0.5, 0.6) is 11.5 Å². The number of aromatic nitrogens is 8. The third kappa shape index (κ3) is 11.0. The molecule has 308 valence electrons. The lowest BCUT2D eigenvalue weighted by molar-refractivity contribution is 0.461. The number of halogens is 2. The summed E-state index contributed by atoms with van der Waals surface area (Å²) in [6.07, 6.45) is 7.12. The number of H-pyrrole nitrogens is 2. The first-order chi connectivity index (χ1) is 26.5. The molecular formula is C37H43Cl2N11O6S2. The van der Waals surface area contributed by atoms with Crippen LogP contribution in [0.2, 0.25) is 0 Å². The van der Waals surface area contributed by atoms with Crippen molar-refractivity contribution in [3.8, 4) is 34.3 Å². The van der Waals surface area contributed by atoms with E-state index >= 15 is 0 Å². The fourth-order valence-corrected chi connectivity index (χ4v) is 8.22. The van der Waals surface area contributed by atoms with E-state index in [-0.39, 0.29) is 74.7 Å². The molecule has 0 bridgehead atoms. The Morgan fingerprint density at radius 1 is 0.707 bits per heavy atom. The number of benzene rings is 2. The van der Waals surface area contributed by atoms with Gasteiger partial charge in [0.15, 0.2) is 56.3 Å². The highest BCUT2D eigenvalue weighted by atomic mass is 35.5. The number of sulfonamides is 1. The molecule has 0 atom stereocenters. The van der Waals surface area contributed by atoms with Crippen molar-refractivity contribution < 1.29 is 27.0 Å². The average molecular weight is 873 g/mol. The van der Waals surface area contributed by atoms with Crippen LogP contribution in [0.1, 0.15) is 69.7 Å². The molecule has 2 aliphatic rings. The molecule has 58 heavy (non-hydrogen) atoms. The van der Waals surface area contributed by atoms with E-state index in [1.54, 1.807) is 36.4 Å². The summed E-state index contributed by atoms with van der Waals surface area (Å²) >= 11 is 0. The van der Waals surface area contributed by atoms with Crippen LogP contribution in [0.3, 0.4) is 0 Å². The fraction of sp³-hybridized carbons (Fsp3) is 0.297. The number of anilines is 4. The molecule has 21 heteroatoms. The highest BCUT2D eigenvalue weighted by Crippen LogP contribution is 2.41. The molecular weight excluding hydrogens is 830 g/mol. The van der Waals surface area contributed by atoms with Gasteiger partial charge in [0.05, 0.1) is 27.9 Å². The SMILES string of the molecule is CC(C)(C)CS(=O)(=O)c1cccc(-c2ncc(O)c(Nc3cc(C4CC4)[nH]n3)n2)c1.Cl.Cl.NS(=O)(=O)c1cccc(-c2ncc(O)c(Nc3cc(C4CC4)[nH]n3)n2)c1. The Morgan fingerprint density at radius 2 is 1.14 bits per heavy atom. The van der Waals surface area contributed by atoms with Crippen molar-refractivity contribution in [1.82, 2.24) is 40.3 Å². The molecule has 8 N–H and O–H groups in total. The van der Waals surface area contributed by atoms with Crippen LogP contribution in [0.25, 0.3) is 22.8 Å². The van der Waals surface area contributed by atoms with Crippen LogP contribution in [-0.4, -0.2) is 73.1 Å². The van der Waals surface area contributed by atoms with Crippen molar-refractivity contribution >= 4 is 67.9 Å². The number of rotatable bonds is 11.